The Bertz CT molecular complexity index is 671. The van der Waals surface area contributed by atoms with E-state index in [1.165, 1.54) is 0 Å². The van der Waals surface area contributed by atoms with Crippen molar-refractivity contribution in [2.45, 2.75) is 27.7 Å². The van der Waals surface area contributed by atoms with Crippen molar-refractivity contribution in [3.63, 3.8) is 0 Å². The fraction of sp³-hybridized carbons (Fsp3) is 0.471. The minimum absolute atomic E-state index is 0.290. The SMILES string of the molecule is CCN(CC)c1nc(NNC(=O)c2ccncc2)nc(N(CC)CC)n1. The standard InChI is InChI=1S/C17H26N8O/c1-5-24(6-2)16-19-15(20-17(21-16)25(7-3)8-4)23-22-14(26)13-9-11-18-12-10-13/h9-12H,5-8H2,1-4H3,(H,22,26)(H,19,20,21,23). The molecule has 1 amide bonds. The summed E-state index contributed by atoms with van der Waals surface area (Å²) in [5.74, 6) is 1.16. The van der Waals surface area contributed by atoms with Crippen molar-refractivity contribution in [1.29, 1.82) is 0 Å². The average Bonchev–Trinajstić information content (AvgIpc) is 2.69. The first kappa shape index (κ1) is 19.4. The molecule has 2 rings (SSSR count). The normalized spacial score (nSPS) is 10.3. The van der Waals surface area contributed by atoms with Gasteiger partial charge in [-0.15, -0.1) is 0 Å². The molecule has 0 bridgehead atoms. The number of amides is 1. The predicted octanol–water partition coefficient (Wildman–Crippen LogP) is 1.72. The highest BCUT2D eigenvalue weighted by atomic mass is 16.2. The number of aromatic nitrogens is 4. The van der Waals surface area contributed by atoms with Gasteiger partial charge in [-0.1, -0.05) is 0 Å². The van der Waals surface area contributed by atoms with E-state index in [9.17, 15) is 4.79 Å². The fourth-order valence-corrected chi connectivity index (χ4v) is 2.39. The first-order valence-electron chi connectivity index (χ1n) is 8.85. The molecule has 0 radical (unpaired) electrons. The molecule has 2 N–H and O–H groups in total. The highest BCUT2D eigenvalue weighted by Crippen LogP contribution is 2.16. The van der Waals surface area contributed by atoms with Crippen molar-refractivity contribution >= 4 is 23.8 Å². The third-order valence-electron chi connectivity index (χ3n) is 3.93. The van der Waals surface area contributed by atoms with E-state index in [4.69, 9.17) is 0 Å². The molecule has 0 atom stereocenters. The first-order chi connectivity index (χ1) is 12.6. The second-order valence-electron chi connectivity index (χ2n) is 5.42. The fourth-order valence-electron chi connectivity index (χ4n) is 2.39. The predicted molar refractivity (Wildman–Crippen MR) is 102 cm³/mol. The average molecular weight is 358 g/mol. The molecule has 2 aromatic rings. The summed E-state index contributed by atoms with van der Waals surface area (Å²) in [4.78, 5) is 33.6. The summed E-state index contributed by atoms with van der Waals surface area (Å²) in [7, 11) is 0. The van der Waals surface area contributed by atoms with Crippen LogP contribution in [-0.4, -0.2) is 52.0 Å². The van der Waals surface area contributed by atoms with Crippen LogP contribution in [0, 0.1) is 0 Å². The van der Waals surface area contributed by atoms with Crippen molar-refractivity contribution in [2.75, 3.05) is 41.4 Å². The van der Waals surface area contributed by atoms with E-state index in [1.54, 1.807) is 24.5 Å². The largest absolute Gasteiger partial charge is 0.341 e. The topological polar surface area (TPSA) is 99.2 Å². The molecule has 9 heteroatoms. The molecule has 140 valence electrons. The molecular weight excluding hydrogens is 332 g/mol. The van der Waals surface area contributed by atoms with Crippen LogP contribution < -0.4 is 20.7 Å². The molecule has 9 nitrogen and oxygen atoms in total. The maximum absolute atomic E-state index is 12.2. The second-order valence-corrected chi connectivity index (χ2v) is 5.42. The number of hydrazine groups is 1. The molecule has 0 unspecified atom stereocenters. The third-order valence-corrected chi connectivity index (χ3v) is 3.93. The lowest BCUT2D eigenvalue weighted by molar-refractivity contribution is 0.0962. The van der Waals surface area contributed by atoms with E-state index in [-0.39, 0.29) is 5.91 Å². The maximum Gasteiger partial charge on any atom is 0.269 e. The number of hydrogen-bond acceptors (Lipinski definition) is 8. The molecule has 2 aromatic heterocycles. The maximum atomic E-state index is 12.2. The molecule has 0 aliphatic heterocycles. The molecule has 0 saturated carbocycles. The van der Waals surface area contributed by atoms with Crippen molar-refractivity contribution in [1.82, 2.24) is 25.4 Å². The second kappa shape index (κ2) is 9.50. The Morgan fingerprint density at radius 3 is 1.85 bits per heavy atom. The molecule has 2 heterocycles. The van der Waals surface area contributed by atoms with Crippen LogP contribution >= 0.6 is 0 Å². The van der Waals surface area contributed by atoms with Crippen molar-refractivity contribution in [2.24, 2.45) is 0 Å². The Hall–Kier alpha value is -2.97. The zero-order valence-electron chi connectivity index (χ0n) is 15.7. The van der Waals surface area contributed by atoms with E-state index >= 15 is 0 Å². The first-order valence-corrected chi connectivity index (χ1v) is 8.85. The van der Waals surface area contributed by atoms with Crippen LogP contribution in [-0.2, 0) is 0 Å². The van der Waals surface area contributed by atoms with Crippen molar-refractivity contribution in [3.8, 4) is 0 Å². The van der Waals surface area contributed by atoms with Gasteiger partial charge in [-0.2, -0.15) is 15.0 Å². The number of anilines is 3. The van der Waals surface area contributed by atoms with E-state index in [0.717, 1.165) is 26.2 Å². The third kappa shape index (κ3) is 4.78. The molecule has 0 saturated heterocycles. The van der Waals surface area contributed by atoms with Crippen LogP contribution in [0.5, 0.6) is 0 Å². The van der Waals surface area contributed by atoms with E-state index in [0.29, 0.717) is 23.4 Å². The van der Waals surface area contributed by atoms with Gasteiger partial charge in [-0.3, -0.25) is 20.6 Å². The highest BCUT2D eigenvalue weighted by molar-refractivity contribution is 5.94. The lowest BCUT2D eigenvalue weighted by atomic mass is 10.3. The quantitative estimate of drug-likeness (QED) is 0.654. The molecule has 0 aromatic carbocycles. The van der Waals surface area contributed by atoms with Gasteiger partial charge in [0.05, 0.1) is 0 Å². The van der Waals surface area contributed by atoms with Crippen LogP contribution in [0.3, 0.4) is 0 Å². The summed E-state index contributed by atoms with van der Waals surface area (Å²) in [6.07, 6.45) is 3.13. The summed E-state index contributed by atoms with van der Waals surface area (Å²) in [6, 6.07) is 3.26. The minimum atomic E-state index is -0.290. The van der Waals surface area contributed by atoms with E-state index in [1.807, 2.05) is 37.5 Å². The zero-order chi connectivity index (χ0) is 18.9. The van der Waals surface area contributed by atoms with Crippen LogP contribution in [0.4, 0.5) is 17.8 Å². The van der Waals surface area contributed by atoms with Crippen LogP contribution in [0.2, 0.25) is 0 Å². The van der Waals surface area contributed by atoms with Gasteiger partial charge in [0.1, 0.15) is 0 Å². The molecule has 0 aliphatic carbocycles. The van der Waals surface area contributed by atoms with Crippen molar-refractivity contribution in [3.05, 3.63) is 30.1 Å². The summed E-state index contributed by atoms with van der Waals surface area (Å²) in [5, 5.41) is 0. The lowest BCUT2D eigenvalue weighted by Crippen LogP contribution is -2.33. The Kier molecular flexibility index (Phi) is 7.07. The van der Waals surface area contributed by atoms with E-state index in [2.05, 4.69) is 30.8 Å². The van der Waals surface area contributed by atoms with Gasteiger partial charge in [0.2, 0.25) is 17.8 Å². The Balaban J connectivity index is 2.24. The highest BCUT2D eigenvalue weighted by Gasteiger charge is 2.15. The minimum Gasteiger partial charge on any atom is -0.341 e. The monoisotopic (exact) mass is 358 g/mol. The van der Waals surface area contributed by atoms with Gasteiger partial charge in [-0.25, -0.2) is 0 Å². The van der Waals surface area contributed by atoms with Gasteiger partial charge in [0.15, 0.2) is 0 Å². The molecule has 0 fully saturated rings. The van der Waals surface area contributed by atoms with Crippen LogP contribution in [0.1, 0.15) is 38.1 Å². The van der Waals surface area contributed by atoms with Gasteiger partial charge in [-0.05, 0) is 39.8 Å². The summed E-state index contributed by atoms with van der Waals surface area (Å²) in [6.45, 7) is 11.3. The Morgan fingerprint density at radius 1 is 0.885 bits per heavy atom. The number of rotatable bonds is 9. The van der Waals surface area contributed by atoms with Gasteiger partial charge in [0.25, 0.3) is 5.91 Å². The number of nitrogens with zero attached hydrogens (tertiary/aromatic N) is 6. The number of carbonyl (C=O) groups is 1. The molecule has 26 heavy (non-hydrogen) atoms. The van der Waals surface area contributed by atoms with Gasteiger partial charge in [0, 0.05) is 44.1 Å². The van der Waals surface area contributed by atoms with Gasteiger partial charge < -0.3 is 9.80 Å². The molecule has 0 spiro atoms. The zero-order valence-corrected chi connectivity index (χ0v) is 15.7. The number of carbonyl (C=O) groups excluding carboxylic acids is 1. The van der Waals surface area contributed by atoms with Gasteiger partial charge >= 0.3 is 0 Å². The number of pyridine rings is 1. The number of hydrogen-bond donors (Lipinski definition) is 2. The lowest BCUT2D eigenvalue weighted by Gasteiger charge is -2.23. The number of nitrogens with one attached hydrogen (secondary N) is 2. The van der Waals surface area contributed by atoms with Crippen LogP contribution in [0.25, 0.3) is 0 Å². The molecule has 0 aliphatic rings. The van der Waals surface area contributed by atoms with Crippen LogP contribution in [0.15, 0.2) is 24.5 Å². The van der Waals surface area contributed by atoms with E-state index < -0.39 is 0 Å². The Labute approximate surface area is 153 Å². The summed E-state index contributed by atoms with van der Waals surface area (Å²) in [5.41, 5.74) is 5.90. The summed E-state index contributed by atoms with van der Waals surface area (Å²) < 4.78 is 0. The van der Waals surface area contributed by atoms with Crippen molar-refractivity contribution < 1.29 is 4.79 Å². The molecular formula is C17H26N8O. The summed E-state index contributed by atoms with van der Waals surface area (Å²) >= 11 is 0. The smallest absolute Gasteiger partial charge is 0.269 e. The Morgan fingerprint density at radius 2 is 1.38 bits per heavy atom.